The highest BCUT2D eigenvalue weighted by Crippen LogP contribution is 2.51. The Balaban J connectivity index is 1.50. The van der Waals surface area contributed by atoms with Crippen LogP contribution in [0.25, 0.3) is 0 Å². The van der Waals surface area contributed by atoms with Gasteiger partial charge in [0.05, 0.1) is 0 Å². The Morgan fingerprint density at radius 1 is 1.37 bits per heavy atom. The standard InChI is InChI=1S/C19H22N4O4/c1-11(24)18-22-21-16(26-18)9-12-7-14(8-12)19(13-5-3-2-4-6-13)10-15(17(20)25)23-27-19/h2-6,10-12,14,23-24H,7-9H2,1H3,(H2,20,25)/t11-,12?,14?,19?/m1/s1. The molecule has 8 nitrogen and oxygen atoms in total. The predicted molar refractivity (Wildman–Crippen MR) is 94.5 cm³/mol. The molecule has 0 saturated heterocycles. The molecule has 1 aliphatic heterocycles. The Hall–Kier alpha value is -2.71. The first-order chi connectivity index (χ1) is 13.0. The van der Waals surface area contributed by atoms with Crippen LogP contribution >= 0.6 is 0 Å². The van der Waals surface area contributed by atoms with Crippen molar-refractivity contribution in [2.24, 2.45) is 17.6 Å². The molecule has 1 saturated carbocycles. The van der Waals surface area contributed by atoms with Crippen LogP contribution in [0.15, 0.2) is 46.5 Å². The van der Waals surface area contributed by atoms with Crippen molar-refractivity contribution < 1.29 is 19.2 Å². The number of hydroxylamine groups is 1. The first-order valence-electron chi connectivity index (χ1n) is 9.00. The first-order valence-corrected chi connectivity index (χ1v) is 9.00. The highest BCUT2D eigenvalue weighted by molar-refractivity contribution is 5.91. The minimum absolute atomic E-state index is 0.188. The number of primary amides is 1. The second kappa shape index (κ2) is 6.79. The van der Waals surface area contributed by atoms with Crippen LogP contribution in [0.2, 0.25) is 0 Å². The molecule has 0 radical (unpaired) electrons. The molecule has 1 unspecified atom stereocenters. The molecular formula is C19H22N4O4. The van der Waals surface area contributed by atoms with Gasteiger partial charge in [0.2, 0.25) is 11.8 Å². The van der Waals surface area contributed by atoms with Gasteiger partial charge in [0.25, 0.3) is 5.91 Å². The van der Waals surface area contributed by atoms with Crippen molar-refractivity contribution in [1.29, 1.82) is 0 Å². The Labute approximate surface area is 156 Å². The fourth-order valence-electron chi connectivity index (χ4n) is 3.83. The minimum atomic E-state index is -0.767. The van der Waals surface area contributed by atoms with E-state index in [-0.39, 0.29) is 17.5 Å². The molecule has 4 N–H and O–H groups in total. The van der Waals surface area contributed by atoms with Crippen molar-refractivity contribution in [3.8, 4) is 0 Å². The third-order valence-electron chi connectivity index (χ3n) is 5.32. The summed E-state index contributed by atoms with van der Waals surface area (Å²) in [6, 6.07) is 9.81. The molecule has 27 heavy (non-hydrogen) atoms. The lowest BCUT2D eigenvalue weighted by Crippen LogP contribution is -2.43. The zero-order valence-corrected chi connectivity index (χ0v) is 15.0. The summed E-state index contributed by atoms with van der Waals surface area (Å²) in [7, 11) is 0. The van der Waals surface area contributed by atoms with Crippen LogP contribution in [0.3, 0.4) is 0 Å². The normalized spacial score (nSPS) is 28.1. The Morgan fingerprint density at radius 2 is 2.11 bits per heavy atom. The highest BCUT2D eigenvalue weighted by Gasteiger charge is 2.50. The van der Waals surface area contributed by atoms with Crippen LogP contribution in [0.4, 0.5) is 0 Å². The molecule has 1 aliphatic carbocycles. The molecule has 2 heterocycles. The molecule has 2 aromatic rings. The van der Waals surface area contributed by atoms with Crippen molar-refractivity contribution in [2.45, 2.75) is 37.9 Å². The number of amides is 1. The number of aromatic nitrogens is 2. The zero-order chi connectivity index (χ0) is 19.0. The van der Waals surface area contributed by atoms with E-state index in [1.54, 1.807) is 13.0 Å². The summed E-state index contributed by atoms with van der Waals surface area (Å²) < 4.78 is 5.48. The number of nitrogens with one attached hydrogen (secondary N) is 1. The van der Waals surface area contributed by atoms with Gasteiger partial charge in [0, 0.05) is 6.42 Å². The number of nitrogens with zero attached hydrogens (tertiary/aromatic N) is 2. The van der Waals surface area contributed by atoms with E-state index in [1.807, 2.05) is 30.3 Å². The molecule has 2 aliphatic rings. The van der Waals surface area contributed by atoms with Crippen LogP contribution in [0.1, 0.15) is 43.2 Å². The lowest BCUT2D eigenvalue weighted by Gasteiger charge is -2.44. The molecule has 1 amide bonds. The molecular weight excluding hydrogens is 348 g/mol. The number of hydrogen-bond donors (Lipinski definition) is 3. The van der Waals surface area contributed by atoms with E-state index in [9.17, 15) is 9.90 Å². The monoisotopic (exact) mass is 370 g/mol. The average Bonchev–Trinajstić information content (AvgIpc) is 3.27. The second-order valence-corrected chi connectivity index (χ2v) is 7.23. The van der Waals surface area contributed by atoms with Crippen LogP contribution in [-0.2, 0) is 21.7 Å². The van der Waals surface area contributed by atoms with E-state index >= 15 is 0 Å². The minimum Gasteiger partial charge on any atom is -0.422 e. The van der Waals surface area contributed by atoms with E-state index in [1.165, 1.54) is 0 Å². The van der Waals surface area contributed by atoms with E-state index in [4.69, 9.17) is 15.0 Å². The molecule has 1 aromatic heterocycles. The zero-order valence-electron chi connectivity index (χ0n) is 15.0. The fourth-order valence-corrected chi connectivity index (χ4v) is 3.83. The molecule has 1 aromatic carbocycles. The van der Waals surface area contributed by atoms with Crippen molar-refractivity contribution in [3.63, 3.8) is 0 Å². The van der Waals surface area contributed by atoms with Crippen LogP contribution in [0, 0.1) is 11.8 Å². The number of rotatable bonds is 6. The van der Waals surface area contributed by atoms with Gasteiger partial charge in [-0.15, -0.1) is 10.2 Å². The Morgan fingerprint density at radius 3 is 2.70 bits per heavy atom. The summed E-state index contributed by atoms with van der Waals surface area (Å²) in [4.78, 5) is 17.5. The summed E-state index contributed by atoms with van der Waals surface area (Å²) in [5, 5.41) is 17.3. The van der Waals surface area contributed by atoms with E-state index in [0.29, 0.717) is 18.2 Å². The van der Waals surface area contributed by atoms with E-state index in [0.717, 1.165) is 18.4 Å². The van der Waals surface area contributed by atoms with Gasteiger partial charge >= 0.3 is 0 Å². The van der Waals surface area contributed by atoms with Gasteiger partial charge in [-0.2, -0.15) is 0 Å². The van der Waals surface area contributed by atoms with Crippen molar-refractivity contribution in [2.75, 3.05) is 0 Å². The summed E-state index contributed by atoms with van der Waals surface area (Å²) >= 11 is 0. The Kier molecular flexibility index (Phi) is 4.45. The quantitative estimate of drug-likeness (QED) is 0.704. The van der Waals surface area contributed by atoms with Crippen molar-refractivity contribution in [3.05, 3.63) is 59.4 Å². The van der Waals surface area contributed by atoms with Crippen molar-refractivity contribution in [1.82, 2.24) is 15.7 Å². The molecule has 142 valence electrons. The predicted octanol–water partition coefficient (Wildman–Crippen LogP) is 1.49. The molecule has 0 spiro atoms. The van der Waals surface area contributed by atoms with Gasteiger partial charge in [0.15, 0.2) is 0 Å². The van der Waals surface area contributed by atoms with Gasteiger partial charge < -0.3 is 15.3 Å². The van der Waals surface area contributed by atoms with Crippen molar-refractivity contribution >= 4 is 5.91 Å². The highest BCUT2D eigenvalue weighted by atomic mass is 16.7. The molecule has 0 bridgehead atoms. The van der Waals surface area contributed by atoms with Gasteiger partial charge in [0.1, 0.15) is 17.4 Å². The number of aliphatic hydroxyl groups excluding tert-OH is 1. The van der Waals surface area contributed by atoms with E-state index < -0.39 is 17.6 Å². The number of aliphatic hydroxyl groups is 1. The fraction of sp³-hybridized carbons (Fsp3) is 0.421. The smallest absolute Gasteiger partial charge is 0.266 e. The topological polar surface area (TPSA) is 124 Å². The van der Waals surface area contributed by atoms with E-state index in [2.05, 4.69) is 15.7 Å². The SMILES string of the molecule is C[C@@H](O)c1nnc(CC2CC(C3(c4ccccc4)C=C(C(N)=O)NO3)C2)o1. The van der Waals surface area contributed by atoms with Gasteiger partial charge in [-0.3, -0.25) is 15.1 Å². The number of carbonyl (C=O) groups is 1. The maximum atomic E-state index is 11.6. The van der Waals surface area contributed by atoms with Gasteiger partial charge in [-0.25, -0.2) is 0 Å². The van der Waals surface area contributed by atoms with Crippen LogP contribution in [0.5, 0.6) is 0 Å². The largest absolute Gasteiger partial charge is 0.422 e. The summed E-state index contributed by atoms with van der Waals surface area (Å²) in [6.45, 7) is 1.59. The summed E-state index contributed by atoms with van der Waals surface area (Å²) in [5.41, 5.74) is 8.64. The van der Waals surface area contributed by atoms with Gasteiger partial charge in [-0.1, -0.05) is 30.3 Å². The molecule has 2 atom stereocenters. The summed E-state index contributed by atoms with van der Waals surface area (Å²) in [6.07, 6.45) is 3.44. The molecule has 1 fully saturated rings. The average molecular weight is 370 g/mol. The third kappa shape index (κ3) is 3.22. The number of nitrogens with two attached hydrogens (primary N) is 1. The summed E-state index contributed by atoms with van der Waals surface area (Å²) in [5.74, 6) is 0.780. The first kappa shape index (κ1) is 17.7. The maximum Gasteiger partial charge on any atom is 0.266 e. The maximum absolute atomic E-state index is 11.6. The number of benzene rings is 1. The number of hydrogen-bond acceptors (Lipinski definition) is 7. The molecule has 8 heteroatoms. The third-order valence-corrected chi connectivity index (χ3v) is 5.32. The van der Waals surface area contributed by atoms with Crippen LogP contribution < -0.4 is 11.2 Å². The molecule has 4 rings (SSSR count). The Bertz CT molecular complexity index is 858. The van der Waals surface area contributed by atoms with Gasteiger partial charge in [-0.05, 0) is 43.2 Å². The second-order valence-electron chi connectivity index (χ2n) is 7.23. The lowest BCUT2D eigenvalue weighted by atomic mass is 9.63. The van der Waals surface area contributed by atoms with Crippen LogP contribution in [-0.4, -0.2) is 21.2 Å². The number of carbonyl (C=O) groups excluding carboxylic acids is 1. The lowest BCUT2D eigenvalue weighted by molar-refractivity contribution is -0.124.